The van der Waals surface area contributed by atoms with Gasteiger partial charge in [0.15, 0.2) is 0 Å². The second-order valence-electron chi connectivity index (χ2n) is 6.84. The van der Waals surface area contributed by atoms with E-state index < -0.39 is 0 Å². The van der Waals surface area contributed by atoms with Crippen LogP contribution in [0.25, 0.3) is 11.0 Å². The van der Waals surface area contributed by atoms with Crippen LogP contribution >= 0.6 is 0 Å². The molecular weight excluding hydrogens is 286 g/mol. The third-order valence-corrected chi connectivity index (χ3v) is 5.17. The number of fused-ring (bicyclic) bond motifs is 1. The molecule has 0 N–H and O–H groups in total. The van der Waals surface area contributed by atoms with Gasteiger partial charge in [-0.2, -0.15) is 0 Å². The van der Waals surface area contributed by atoms with Crippen LogP contribution in [0.15, 0.2) is 33.5 Å². The van der Waals surface area contributed by atoms with E-state index in [0.717, 1.165) is 29.5 Å². The summed E-state index contributed by atoms with van der Waals surface area (Å²) in [5, 5.41) is 1.07. The Labute approximate surface area is 138 Å². The van der Waals surface area contributed by atoms with Gasteiger partial charge in [0, 0.05) is 24.0 Å². The lowest BCUT2D eigenvalue weighted by molar-refractivity contribution is 0.213. The van der Waals surface area contributed by atoms with Gasteiger partial charge >= 0.3 is 5.63 Å². The number of hydrogen-bond acceptors (Lipinski definition) is 3. The summed E-state index contributed by atoms with van der Waals surface area (Å²) in [5.74, 6) is 0. The molecule has 3 rings (SSSR count). The van der Waals surface area contributed by atoms with Crippen molar-refractivity contribution in [1.29, 1.82) is 0 Å². The topological polar surface area (TPSA) is 33.5 Å². The molecule has 1 aromatic carbocycles. The highest BCUT2D eigenvalue weighted by atomic mass is 16.4. The molecule has 23 heavy (non-hydrogen) atoms. The number of benzene rings is 1. The minimum absolute atomic E-state index is 0.241. The van der Waals surface area contributed by atoms with Gasteiger partial charge in [-0.1, -0.05) is 44.7 Å². The van der Waals surface area contributed by atoms with E-state index >= 15 is 0 Å². The van der Waals surface area contributed by atoms with Crippen molar-refractivity contribution < 1.29 is 4.42 Å². The number of nitrogens with zero attached hydrogens (tertiary/aromatic N) is 1. The van der Waals surface area contributed by atoms with Crippen LogP contribution in [0.2, 0.25) is 0 Å². The van der Waals surface area contributed by atoms with Crippen LogP contribution in [0.1, 0.15) is 56.6 Å². The molecule has 1 aliphatic carbocycles. The smallest absolute Gasteiger partial charge is 0.336 e. The molecule has 1 saturated carbocycles. The lowest BCUT2D eigenvalue weighted by Gasteiger charge is -2.27. The Hall–Kier alpha value is -1.61. The maximum atomic E-state index is 11.9. The molecule has 3 nitrogen and oxygen atoms in total. The van der Waals surface area contributed by atoms with E-state index in [9.17, 15) is 4.79 Å². The van der Waals surface area contributed by atoms with Gasteiger partial charge in [-0.25, -0.2) is 4.79 Å². The van der Waals surface area contributed by atoms with Crippen LogP contribution in [-0.4, -0.2) is 18.0 Å². The van der Waals surface area contributed by atoms with Crippen molar-refractivity contribution in [2.45, 2.75) is 64.5 Å². The molecule has 0 amide bonds. The van der Waals surface area contributed by atoms with Crippen molar-refractivity contribution >= 4 is 11.0 Å². The standard InChI is InChI=1S/C20H27NO2/c1-3-15-10-11-18-16(13-20(22)23-19(18)12-15)14-21(2)17-8-6-4-5-7-9-17/h10-13,17H,3-9,14H2,1-2H3. The first kappa shape index (κ1) is 16.3. The van der Waals surface area contributed by atoms with Crippen molar-refractivity contribution in [3.05, 3.63) is 45.8 Å². The summed E-state index contributed by atoms with van der Waals surface area (Å²) in [7, 11) is 2.19. The van der Waals surface area contributed by atoms with Crippen molar-refractivity contribution in [3.8, 4) is 0 Å². The molecule has 1 aliphatic rings. The van der Waals surface area contributed by atoms with Crippen molar-refractivity contribution in [3.63, 3.8) is 0 Å². The molecule has 3 heteroatoms. The first-order valence-corrected chi connectivity index (χ1v) is 8.93. The van der Waals surface area contributed by atoms with Crippen LogP contribution in [0.3, 0.4) is 0 Å². The Bertz CT molecular complexity index is 711. The van der Waals surface area contributed by atoms with Gasteiger partial charge in [0.1, 0.15) is 5.58 Å². The molecule has 0 spiro atoms. The van der Waals surface area contributed by atoms with E-state index in [1.807, 2.05) is 6.07 Å². The van der Waals surface area contributed by atoms with Crippen LogP contribution in [0, 0.1) is 0 Å². The maximum absolute atomic E-state index is 11.9. The summed E-state index contributed by atoms with van der Waals surface area (Å²) in [6.07, 6.45) is 8.88. The van der Waals surface area contributed by atoms with E-state index in [1.165, 1.54) is 44.1 Å². The summed E-state index contributed by atoms with van der Waals surface area (Å²) in [5.41, 5.74) is 2.77. The Kier molecular flexibility index (Phi) is 5.16. The second kappa shape index (κ2) is 7.31. The average molecular weight is 313 g/mol. The molecule has 0 radical (unpaired) electrons. The molecular formula is C20H27NO2. The van der Waals surface area contributed by atoms with E-state index in [4.69, 9.17) is 4.42 Å². The summed E-state index contributed by atoms with van der Waals surface area (Å²) in [6.45, 7) is 2.93. The predicted molar refractivity (Wildman–Crippen MR) is 94.8 cm³/mol. The highest BCUT2D eigenvalue weighted by Crippen LogP contribution is 2.25. The average Bonchev–Trinajstić information content (AvgIpc) is 2.83. The zero-order valence-corrected chi connectivity index (χ0v) is 14.3. The fourth-order valence-corrected chi connectivity index (χ4v) is 3.72. The fourth-order valence-electron chi connectivity index (χ4n) is 3.72. The Morgan fingerprint density at radius 1 is 1.13 bits per heavy atom. The molecule has 0 bridgehead atoms. The fraction of sp³-hybridized carbons (Fsp3) is 0.550. The van der Waals surface area contributed by atoms with Crippen LogP contribution < -0.4 is 5.63 Å². The lowest BCUT2D eigenvalue weighted by Crippen LogP contribution is -2.31. The van der Waals surface area contributed by atoms with E-state index in [-0.39, 0.29) is 5.63 Å². The Balaban J connectivity index is 1.88. The third-order valence-electron chi connectivity index (χ3n) is 5.17. The van der Waals surface area contributed by atoms with Crippen LogP contribution in [-0.2, 0) is 13.0 Å². The SMILES string of the molecule is CCc1ccc2c(CN(C)C3CCCCCC3)cc(=O)oc2c1. The van der Waals surface area contributed by atoms with E-state index in [1.54, 1.807) is 6.07 Å². The highest BCUT2D eigenvalue weighted by molar-refractivity contribution is 5.80. The molecule has 2 aromatic rings. The van der Waals surface area contributed by atoms with Crippen molar-refractivity contribution in [2.75, 3.05) is 7.05 Å². The monoisotopic (exact) mass is 313 g/mol. The van der Waals surface area contributed by atoms with Gasteiger partial charge in [0.05, 0.1) is 0 Å². The van der Waals surface area contributed by atoms with Crippen molar-refractivity contribution in [2.24, 2.45) is 0 Å². The van der Waals surface area contributed by atoms with Gasteiger partial charge in [-0.05, 0) is 43.5 Å². The highest BCUT2D eigenvalue weighted by Gasteiger charge is 2.18. The molecule has 0 unspecified atom stereocenters. The number of hydrogen-bond donors (Lipinski definition) is 0. The first-order chi connectivity index (χ1) is 11.2. The number of aryl methyl sites for hydroxylation is 1. The summed E-state index contributed by atoms with van der Waals surface area (Å²) in [4.78, 5) is 14.4. The van der Waals surface area contributed by atoms with Crippen LogP contribution in [0.4, 0.5) is 0 Å². The number of rotatable bonds is 4. The summed E-state index contributed by atoms with van der Waals surface area (Å²) in [6, 6.07) is 8.55. The van der Waals surface area contributed by atoms with Gasteiger partial charge in [0.25, 0.3) is 0 Å². The molecule has 124 valence electrons. The molecule has 0 atom stereocenters. The molecule has 1 aromatic heterocycles. The Morgan fingerprint density at radius 2 is 1.87 bits per heavy atom. The van der Waals surface area contributed by atoms with E-state index in [2.05, 4.69) is 31.0 Å². The minimum atomic E-state index is -0.241. The summed E-state index contributed by atoms with van der Waals surface area (Å²) < 4.78 is 5.42. The van der Waals surface area contributed by atoms with Gasteiger partial charge < -0.3 is 4.42 Å². The molecule has 0 saturated heterocycles. The minimum Gasteiger partial charge on any atom is -0.423 e. The van der Waals surface area contributed by atoms with Crippen LogP contribution in [0.5, 0.6) is 0 Å². The van der Waals surface area contributed by atoms with Gasteiger partial charge in [-0.3, -0.25) is 4.90 Å². The largest absolute Gasteiger partial charge is 0.423 e. The first-order valence-electron chi connectivity index (χ1n) is 8.93. The molecule has 1 fully saturated rings. The van der Waals surface area contributed by atoms with Crippen molar-refractivity contribution in [1.82, 2.24) is 4.90 Å². The van der Waals surface area contributed by atoms with E-state index in [0.29, 0.717) is 6.04 Å². The normalized spacial score (nSPS) is 16.8. The zero-order valence-electron chi connectivity index (χ0n) is 14.3. The quantitative estimate of drug-likeness (QED) is 0.615. The lowest BCUT2D eigenvalue weighted by atomic mass is 10.0. The zero-order chi connectivity index (χ0) is 16.2. The van der Waals surface area contributed by atoms with Gasteiger partial charge in [0.2, 0.25) is 0 Å². The maximum Gasteiger partial charge on any atom is 0.336 e. The summed E-state index contributed by atoms with van der Waals surface area (Å²) >= 11 is 0. The van der Waals surface area contributed by atoms with Gasteiger partial charge in [-0.15, -0.1) is 0 Å². The second-order valence-corrected chi connectivity index (χ2v) is 6.84. The predicted octanol–water partition coefficient (Wildman–Crippen LogP) is 4.51. The molecule has 1 heterocycles. The third kappa shape index (κ3) is 3.84. The molecule has 0 aliphatic heterocycles. The Morgan fingerprint density at radius 3 is 2.57 bits per heavy atom.